The van der Waals surface area contributed by atoms with Gasteiger partial charge in [-0.15, -0.1) is 0 Å². The second kappa shape index (κ2) is 7.54. The molecular formula is C21H26O2. The van der Waals surface area contributed by atoms with E-state index in [9.17, 15) is 0 Å². The molecule has 0 radical (unpaired) electrons. The standard InChI is InChI=1S/C21H26O2/c1-3-22-20-11-7-16(8-12-20)18-5-6-19(15-18)17-9-13-21(14-10-17)23-4-2/h7-14,18-19H,3-6,15H2,1-2H3/t18-,19+. The van der Waals surface area contributed by atoms with Crippen molar-refractivity contribution in [3.63, 3.8) is 0 Å². The monoisotopic (exact) mass is 310 g/mol. The number of hydrogen-bond donors (Lipinski definition) is 0. The minimum atomic E-state index is 0.669. The lowest BCUT2D eigenvalue weighted by Gasteiger charge is -2.13. The fourth-order valence-corrected chi connectivity index (χ4v) is 3.59. The number of benzene rings is 2. The summed E-state index contributed by atoms with van der Waals surface area (Å²) in [5.41, 5.74) is 2.89. The van der Waals surface area contributed by atoms with Crippen LogP contribution in [0.25, 0.3) is 0 Å². The number of hydrogen-bond acceptors (Lipinski definition) is 2. The van der Waals surface area contributed by atoms with E-state index >= 15 is 0 Å². The van der Waals surface area contributed by atoms with E-state index in [2.05, 4.69) is 48.5 Å². The maximum atomic E-state index is 5.53. The molecule has 2 atom stereocenters. The first-order valence-corrected chi connectivity index (χ1v) is 8.75. The molecule has 2 nitrogen and oxygen atoms in total. The maximum absolute atomic E-state index is 5.53. The van der Waals surface area contributed by atoms with Crippen LogP contribution < -0.4 is 9.47 Å². The van der Waals surface area contributed by atoms with Gasteiger partial charge in [0.15, 0.2) is 0 Å². The lowest BCUT2D eigenvalue weighted by atomic mass is 9.93. The van der Waals surface area contributed by atoms with E-state index in [0.29, 0.717) is 11.8 Å². The maximum Gasteiger partial charge on any atom is 0.119 e. The van der Waals surface area contributed by atoms with E-state index in [-0.39, 0.29) is 0 Å². The van der Waals surface area contributed by atoms with Crippen molar-refractivity contribution in [3.05, 3.63) is 59.7 Å². The molecule has 0 bridgehead atoms. The Morgan fingerprint density at radius 1 is 0.696 bits per heavy atom. The van der Waals surface area contributed by atoms with E-state index in [0.717, 1.165) is 24.7 Å². The summed E-state index contributed by atoms with van der Waals surface area (Å²) in [5, 5.41) is 0. The third kappa shape index (κ3) is 3.87. The van der Waals surface area contributed by atoms with E-state index in [1.54, 1.807) is 0 Å². The quantitative estimate of drug-likeness (QED) is 0.698. The number of ether oxygens (including phenoxy) is 2. The SMILES string of the molecule is CCOc1ccc([C@@H]2CC[C@H](c3ccc(OCC)cc3)C2)cc1. The van der Waals surface area contributed by atoms with Gasteiger partial charge < -0.3 is 9.47 Å². The second-order valence-electron chi connectivity index (χ2n) is 6.21. The summed E-state index contributed by atoms with van der Waals surface area (Å²) < 4.78 is 11.1. The Morgan fingerprint density at radius 2 is 1.09 bits per heavy atom. The Morgan fingerprint density at radius 3 is 1.43 bits per heavy atom. The van der Waals surface area contributed by atoms with E-state index in [4.69, 9.17) is 9.47 Å². The topological polar surface area (TPSA) is 18.5 Å². The first-order chi connectivity index (χ1) is 11.3. The number of rotatable bonds is 6. The third-order valence-electron chi connectivity index (χ3n) is 4.76. The predicted molar refractivity (Wildman–Crippen MR) is 94.6 cm³/mol. The molecule has 2 heteroatoms. The summed E-state index contributed by atoms with van der Waals surface area (Å²) in [6, 6.07) is 17.3. The van der Waals surface area contributed by atoms with Crippen LogP contribution in [0.3, 0.4) is 0 Å². The summed E-state index contributed by atoms with van der Waals surface area (Å²) >= 11 is 0. The van der Waals surface area contributed by atoms with Crippen molar-refractivity contribution in [2.24, 2.45) is 0 Å². The van der Waals surface area contributed by atoms with Gasteiger partial charge in [-0.2, -0.15) is 0 Å². The van der Waals surface area contributed by atoms with Gasteiger partial charge in [-0.1, -0.05) is 24.3 Å². The van der Waals surface area contributed by atoms with E-state index in [1.807, 2.05) is 13.8 Å². The smallest absolute Gasteiger partial charge is 0.119 e. The highest BCUT2D eigenvalue weighted by Gasteiger charge is 2.26. The molecule has 3 rings (SSSR count). The predicted octanol–water partition coefficient (Wildman–Crippen LogP) is 5.54. The van der Waals surface area contributed by atoms with Crippen LogP contribution in [0.2, 0.25) is 0 Å². The van der Waals surface area contributed by atoms with Crippen molar-refractivity contribution in [1.29, 1.82) is 0 Å². The highest BCUT2D eigenvalue weighted by atomic mass is 16.5. The Kier molecular flexibility index (Phi) is 5.22. The summed E-state index contributed by atoms with van der Waals surface area (Å²) in [6.45, 7) is 5.49. The zero-order chi connectivity index (χ0) is 16.1. The van der Waals surface area contributed by atoms with Crippen LogP contribution in [-0.4, -0.2) is 13.2 Å². The average molecular weight is 310 g/mol. The van der Waals surface area contributed by atoms with Crippen molar-refractivity contribution >= 4 is 0 Å². The highest BCUT2D eigenvalue weighted by Crippen LogP contribution is 2.44. The molecule has 23 heavy (non-hydrogen) atoms. The summed E-state index contributed by atoms with van der Waals surface area (Å²) in [6.07, 6.45) is 3.78. The average Bonchev–Trinajstić information content (AvgIpc) is 3.07. The van der Waals surface area contributed by atoms with Gasteiger partial charge in [0.05, 0.1) is 13.2 Å². The zero-order valence-corrected chi connectivity index (χ0v) is 14.1. The molecule has 1 fully saturated rings. The van der Waals surface area contributed by atoms with Crippen molar-refractivity contribution < 1.29 is 9.47 Å². The summed E-state index contributed by atoms with van der Waals surface area (Å²) in [5.74, 6) is 3.28. The second-order valence-corrected chi connectivity index (χ2v) is 6.21. The molecule has 2 aromatic carbocycles. The molecule has 0 aromatic heterocycles. The molecule has 0 unspecified atom stereocenters. The molecule has 0 amide bonds. The minimum absolute atomic E-state index is 0.669. The Labute approximate surface area is 139 Å². The molecule has 0 N–H and O–H groups in total. The molecule has 0 spiro atoms. The normalized spacial score (nSPS) is 20.4. The Balaban J connectivity index is 1.63. The van der Waals surface area contributed by atoms with Gasteiger partial charge in [0.2, 0.25) is 0 Å². The van der Waals surface area contributed by atoms with Crippen molar-refractivity contribution in [1.82, 2.24) is 0 Å². The van der Waals surface area contributed by atoms with Gasteiger partial charge in [-0.3, -0.25) is 0 Å². The molecule has 2 aromatic rings. The van der Waals surface area contributed by atoms with Gasteiger partial charge >= 0.3 is 0 Å². The zero-order valence-electron chi connectivity index (χ0n) is 14.1. The van der Waals surface area contributed by atoms with Crippen LogP contribution in [0.4, 0.5) is 0 Å². The first kappa shape index (κ1) is 15.9. The van der Waals surface area contributed by atoms with Gasteiger partial charge in [-0.25, -0.2) is 0 Å². The largest absolute Gasteiger partial charge is 0.494 e. The van der Waals surface area contributed by atoms with Crippen LogP contribution in [0.5, 0.6) is 11.5 Å². The molecule has 0 aliphatic heterocycles. The minimum Gasteiger partial charge on any atom is -0.494 e. The van der Waals surface area contributed by atoms with Gasteiger partial charge in [0.25, 0.3) is 0 Å². The van der Waals surface area contributed by atoms with E-state index in [1.165, 1.54) is 30.4 Å². The molecular weight excluding hydrogens is 284 g/mol. The molecule has 122 valence electrons. The lowest BCUT2D eigenvalue weighted by molar-refractivity contribution is 0.340. The molecule has 0 heterocycles. The van der Waals surface area contributed by atoms with Crippen LogP contribution in [0.1, 0.15) is 56.1 Å². The molecule has 1 aliphatic carbocycles. The third-order valence-corrected chi connectivity index (χ3v) is 4.76. The van der Waals surface area contributed by atoms with Crippen LogP contribution in [0.15, 0.2) is 48.5 Å². The van der Waals surface area contributed by atoms with Crippen molar-refractivity contribution in [2.75, 3.05) is 13.2 Å². The fraction of sp³-hybridized carbons (Fsp3) is 0.429. The fourth-order valence-electron chi connectivity index (χ4n) is 3.59. The highest BCUT2D eigenvalue weighted by molar-refractivity contribution is 5.33. The van der Waals surface area contributed by atoms with E-state index < -0.39 is 0 Å². The van der Waals surface area contributed by atoms with Gasteiger partial charge in [0.1, 0.15) is 11.5 Å². The lowest BCUT2D eigenvalue weighted by Crippen LogP contribution is -1.97. The van der Waals surface area contributed by atoms with Crippen LogP contribution >= 0.6 is 0 Å². The van der Waals surface area contributed by atoms with Crippen molar-refractivity contribution in [3.8, 4) is 11.5 Å². The van der Waals surface area contributed by atoms with Crippen LogP contribution in [-0.2, 0) is 0 Å². The van der Waals surface area contributed by atoms with Crippen molar-refractivity contribution in [2.45, 2.75) is 44.9 Å². The first-order valence-electron chi connectivity index (χ1n) is 8.75. The molecule has 0 saturated heterocycles. The molecule has 1 saturated carbocycles. The van der Waals surface area contributed by atoms with Gasteiger partial charge in [-0.05, 0) is 80.3 Å². The van der Waals surface area contributed by atoms with Crippen LogP contribution in [0, 0.1) is 0 Å². The Bertz CT molecular complexity index is 545. The summed E-state index contributed by atoms with van der Waals surface area (Å²) in [7, 11) is 0. The van der Waals surface area contributed by atoms with Gasteiger partial charge in [0, 0.05) is 0 Å². The summed E-state index contributed by atoms with van der Waals surface area (Å²) in [4.78, 5) is 0. The Hall–Kier alpha value is -1.96. The molecule has 1 aliphatic rings.